The van der Waals surface area contributed by atoms with Crippen LogP contribution in [0, 0.1) is 52.3 Å². The lowest BCUT2D eigenvalue weighted by atomic mass is 9.44. The van der Waals surface area contributed by atoms with Gasteiger partial charge in [-0.25, -0.2) is 0 Å². The van der Waals surface area contributed by atoms with E-state index in [1.807, 2.05) is 0 Å². The molecule has 4 fully saturated rings. The van der Waals surface area contributed by atoms with E-state index in [1.54, 1.807) is 0 Å². The quantitative estimate of drug-likeness (QED) is 0.182. The first kappa shape index (κ1) is 36.2. The standard InChI is InChI=1S/C38H67N3O4/c1-25(2)10-9-11-26(3)30-15-16-31-29-14-13-27-24-28(19-21-37(27,4)32(29)20-22-38(30,31)5)40-23-8-7-12-34(42)41-33(36(45)39-6)17-18-35(43)44/h25-33,40H,7-24H2,1-6H3,(H,39,45)(H,41,42)(H,43,44)/p-1/t26-,27+,28+,29?,30?,31+,32?,33+,37?,38?/m1/s1. The summed E-state index contributed by atoms with van der Waals surface area (Å²) < 4.78 is 0. The fraction of sp³-hybridized carbons (Fsp3) is 0.921. The van der Waals surface area contributed by atoms with Gasteiger partial charge in [0.2, 0.25) is 11.8 Å². The molecule has 0 spiro atoms. The molecular weight excluding hydrogens is 562 g/mol. The molecule has 0 aliphatic heterocycles. The molecule has 10 atom stereocenters. The molecule has 2 amide bonds. The summed E-state index contributed by atoms with van der Waals surface area (Å²) in [6, 6.07) is -0.256. The van der Waals surface area contributed by atoms with Gasteiger partial charge in [-0.1, -0.05) is 53.9 Å². The minimum absolute atomic E-state index is 0.0386. The van der Waals surface area contributed by atoms with Gasteiger partial charge < -0.3 is 25.9 Å². The lowest BCUT2D eigenvalue weighted by Gasteiger charge is -2.61. The fourth-order valence-corrected chi connectivity index (χ4v) is 11.2. The van der Waals surface area contributed by atoms with E-state index >= 15 is 0 Å². The highest BCUT2D eigenvalue weighted by atomic mass is 16.4. The number of likely N-dealkylation sites (N-methyl/N-ethyl adjacent to an activating group) is 1. The summed E-state index contributed by atoms with van der Waals surface area (Å²) in [4.78, 5) is 35.2. The Morgan fingerprint density at radius 3 is 2.27 bits per heavy atom. The third kappa shape index (κ3) is 8.65. The maximum atomic E-state index is 12.4. The first-order valence-electron chi connectivity index (χ1n) is 18.8. The smallest absolute Gasteiger partial charge is 0.242 e. The van der Waals surface area contributed by atoms with Gasteiger partial charge in [0.1, 0.15) is 6.04 Å². The third-order valence-corrected chi connectivity index (χ3v) is 13.7. The lowest BCUT2D eigenvalue weighted by Crippen LogP contribution is -2.55. The molecule has 0 bridgehead atoms. The van der Waals surface area contributed by atoms with Crippen molar-refractivity contribution in [3.63, 3.8) is 0 Å². The molecule has 0 aromatic rings. The summed E-state index contributed by atoms with van der Waals surface area (Å²) in [6.07, 6.45) is 18.6. The van der Waals surface area contributed by atoms with Crippen molar-refractivity contribution >= 4 is 17.8 Å². The van der Waals surface area contributed by atoms with Crippen LogP contribution in [0.5, 0.6) is 0 Å². The first-order valence-corrected chi connectivity index (χ1v) is 18.8. The van der Waals surface area contributed by atoms with Gasteiger partial charge in [0.05, 0.1) is 0 Å². The van der Waals surface area contributed by atoms with Gasteiger partial charge in [0.25, 0.3) is 0 Å². The van der Waals surface area contributed by atoms with E-state index in [2.05, 4.69) is 50.6 Å². The highest BCUT2D eigenvalue weighted by Gasteiger charge is 2.60. The van der Waals surface area contributed by atoms with Gasteiger partial charge in [-0.05, 0) is 142 Å². The number of aliphatic carboxylic acids is 1. The SMILES string of the molecule is CNC(=O)[C@H](CCC(=O)[O-])NC(=O)CCCCN[C@H]1CCC2(C)C3CCC4(C)C([C@H](C)CCCC(C)C)CC[C@H]4C3CC[C@H]2C1. The minimum Gasteiger partial charge on any atom is -0.550 e. The number of carbonyl (C=O) groups excluding carboxylic acids is 3. The van der Waals surface area contributed by atoms with Crippen LogP contribution in [0.15, 0.2) is 0 Å². The van der Waals surface area contributed by atoms with E-state index in [0.29, 0.717) is 23.3 Å². The molecule has 0 heterocycles. The largest absolute Gasteiger partial charge is 0.550 e. The first-order chi connectivity index (χ1) is 21.4. The van der Waals surface area contributed by atoms with E-state index in [4.69, 9.17) is 0 Å². The van der Waals surface area contributed by atoms with Gasteiger partial charge in [0.15, 0.2) is 0 Å². The van der Waals surface area contributed by atoms with Crippen molar-refractivity contribution in [3.8, 4) is 0 Å². The number of unbranched alkanes of at least 4 members (excludes halogenated alkanes) is 1. The number of rotatable bonds is 16. The normalized spacial score (nSPS) is 35.5. The Labute approximate surface area is 274 Å². The zero-order chi connectivity index (χ0) is 32.8. The Morgan fingerprint density at radius 2 is 1.56 bits per heavy atom. The zero-order valence-electron chi connectivity index (χ0n) is 29.6. The summed E-state index contributed by atoms with van der Waals surface area (Å²) in [6.45, 7) is 13.6. The Hall–Kier alpha value is -1.63. The summed E-state index contributed by atoms with van der Waals surface area (Å²) in [5.74, 6) is 4.46. The predicted octanol–water partition coefficient (Wildman–Crippen LogP) is 6.00. The summed E-state index contributed by atoms with van der Waals surface area (Å²) in [7, 11) is 1.48. The number of carbonyl (C=O) groups is 3. The number of carboxylic acid groups (broad SMARTS) is 1. The average molecular weight is 629 g/mol. The monoisotopic (exact) mass is 629 g/mol. The molecule has 7 heteroatoms. The van der Waals surface area contributed by atoms with Gasteiger partial charge >= 0.3 is 0 Å². The fourth-order valence-electron chi connectivity index (χ4n) is 11.2. The van der Waals surface area contributed by atoms with Crippen LogP contribution in [-0.2, 0) is 14.4 Å². The van der Waals surface area contributed by atoms with E-state index < -0.39 is 12.0 Å². The van der Waals surface area contributed by atoms with Gasteiger partial charge in [0, 0.05) is 25.5 Å². The number of hydrogen-bond acceptors (Lipinski definition) is 5. The second-order valence-corrected chi connectivity index (χ2v) is 16.7. The molecule has 258 valence electrons. The van der Waals surface area contributed by atoms with Crippen molar-refractivity contribution in [2.75, 3.05) is 13.6 Å². The van der Waals surface area contributed by atoms with Crippen LogP contribution < -0.4 is 21.1 Å². The molecular formula is C38H66N3O4-. The van der Waals surface area contributed by atoms with Crippen molar-refractivity contribution < 1.29 is 19.5 Å². The number of fused-ring (bicyclic) bond motifs is 5. The average Bonchev–Trinajstić information content (AvgIpc) is 3.35. The van der Waals surface area contributed by atoms with Crippen LogP contribution in [0.3, 0.4) is 0 Å². The van der Waals surface area contributed by atoms with Gasteiger partial charge in [-0.15, -0.1) is 0 Å². The number of nitrogens with one attached hydrogen (secondary N) is 3. The van der Waals surface area contributed by atoms with Crippen LogP contribution in [0.25, 0.3) is 0 Å². The highest BCUT2D eigenvalue weighted by Crippen LogP contribution is 2.68. The van der Waals surface area contributed by atoms with Crippen LogP contribution >= 0.6 is 0 Å². The summed E-state index contributed by atoms with van der Waals surface area (Å²) in [5, 5.41) is 19.8. The molecule has 4 saturated carbocycles. The molecule has 0 saturated heterocycles. The minimum atomic E-state index is -1.22. The molecule has 45 heavy (non-hydrogen) atoms. The van der Waals surface area contributed by atoms with Gasteiger partial charge in [-0.3, -0.25) is 9.59 Å². The van der Waals surface area contributed by atoms with E-state index in [1.165, 1.54) is 84.1 Å². The van der Waals surface area contributed by atoms with Gasteiger partial charge in [-0.2, -0.15) is 0 Å². The maximum absolute atomic E-state index is 12.4. The molecule has 7 nitrogen and oxygen atoms in total. The van der Waals surface area contributed by atoms with Crippen LogP contribution in [0.2, 0.25) is 0 Å². The molecule has 0 aromatic heterocycles. The number of amides is 2. The second kappa shape index (κ2) is 16.0. The Bertz CT molecular complexity index is 1000. The van der Waals surface area contributed by atoms with E-state index in [0.717, 1.165) is 60.8 Å². The molecule has 4 rings (SSSR count). The highest BCUT2D eigenvalue weighted by molar-refractivity contribution is 5.87. The Kier molecular flexibility index (Phi) is 12.9. The van der Waals surface area contributed by atoms with Crippen molar-refractivity contribution in [2.24, 2.45) is 52.3 Å². The molecule has 4 aliphatic carbocycles. The van der Waals surface area contributed by atoms with Crippen LogP contribution in [0.4, 0.5) is 0 Å². The van der Waals surface area contributed by atoms with Crippen molar-refractivity contribution in [1.29, 1.82) is 0 Å². The zero-order valence-corrected chi connectivity index (χ0v) is 29.6. The van der Waals surface area contributed by atoms with Crippen molar-refractivity contribution in [2.45, 2.75) is 156 Å². The Balaban J connectivity index is 1.20. The second-order valence-electron chi connectivity index (χ2n) is 16.7. The molecule has 0 aromatic carbocycles. The molecule has 0 radical (unpaired) electrons. The van der Waals surface area contributed by atoms with Crippen molar-refractivity contribution in [3.05, 3.63) is 0 Å². The third-order valence-electron chi connectivity index (χ3n) is 13.7. The summed E-state index contributed by atoms with van der Waals surface area (Å²) >= 11 is 0. The topological polar surface area (TPSA) is 110 Å². The summed E-state index contributed by atoms with van der Waals surface area (Å²) in [5.41, 5.74) is 1.07. The molecule has 5 unspecified atom stereocenters. The van der Waals surface area contributed by atoms with E-state index in [9.17, 15) is 19.5 Å². The molecule has 3 N–H and O–H groups in total. The van der Waals surface area contributed by atoms with E-state index in [-0.39, 0.29) is 24.7 Å². The lowest BCUT2D eigenvalue weighted by molar-refractivity contribution is -0.305. The van der Waals surface area contributed by atoms with Crippen LogP contribution in [0.1, 0.15) is 144 Å². The van der Waals surface area contributed by atoms with Crippen molar-refractivity contribution in [1.82, 2.24) is 16.0 Å². The molecule has 4 aliphatic rings. The maximum Gasteiger partial charge on any atom is 0.242 e. The number of carboxylic acids is 1. The Morgan fingerprint density at radius 1 is 0.822 bits per heavy atom. The van der Waals surface area contributed by atoms with Crippen LogP contribution in [-0.4, -0.2) is 43.5 Å². The predicted molar refractivity (Wildman–Crippen MR) is 179 cm³/mol. The number of hydrogen-bond donors (Lipinski definition) is 3.